The average Bonchev–Trinajstić information content (AvgIpc) is 3.29. The van der Waals surface area contributed by atoms with Crippen LogP contribution >= 0.6 is 7.82 Å². The normalized spacial score (nSPS) is 14.6. The molecule has 3 atom stereocenters. The number of nitrogens with one attached hydrogen (secondary N) is 1. The largest absolute Gasteiger partial charge is 0.756 e. The molecule has 0 rings (SSSR count). The van der Waals surface area contributed by atoms with E-state index in [0.717, 1.165) is 96.3 Å². The third-order valence-electron chi connectivity index (χ3n) is 11.3. The number of carbonyl (C=O) groups excluding carboxylic acids is 2. The van der Waals surface area contributed by atoms with Gasteiger partial charge >= 0.3 is 5.97 Å². The SMILES string of the molecule is CC/C=C\C/C=C\C/C=C\C/C=C\C/C=C\C/C=C\CCC(=O)NC(COP(=O)([O-])OCC[N+](C)(C)C)C(/C=C\CCCCCCCCCCCC)OC(=O)CCCCCCC/C=C\CCCC. The van der Waals surface area contributed by atoms with Crippen molar-refractivity contribution in [3.8, 4) is 0 Å². The quantitative estimate of drug-likeness (QED) is 0.0212. The minimum Gasteiger partial charge on any atom is -0.756 e. The smallest absolute Gasteiger partial charge is 0.306 e. The molecule has 3 unspecified atom stereocenters. The fourth-order valence-electron chi connectivity index (χ4n) is 7.05. The average molecular weight is 969 g/mol. The number of phosphoric ester groups is 1. The molecule has 0 aliphatic heterocycles. The summed E-state index contributed by atoms with van der Waals surface area (Å²) in [5.74, 6) is -0.659. The highest BCUT2D eigenvalue weighted by Gasteiger charge is 2.27. The Hall–Kier alpha value is -3.07. The molecule has 1 amide bonds. The number of phosphoric acid groups is 1. The molecule has 0 aromatic rings. The van der Waals surface area contributed by atoms with E-state index in [1.54, 1.807) is 6.08 Å². The van der Waals surface area contributed by atoms with Gasteiger partial charge in [-0.3, -0.25) is 14.2 Å². The van der Waals surface area contributed by atoms with Crippen molar-refractivity contribution in [3.63, 3.8) is 0 Å². The zero-order valence-electron chi connectivity index (χ0n) is 44.3. The molecule has 0 aromatic carbocycles. The van der Waals surface area contributed by atoms with Crippen molar-refractivity contribution in [1.29, 1.82) is 0 Å². The van der Waals surface area contributed by atoms with E-state index < -0.39 is 26.6 Å². The first-order valence-corrected chi connectivity index (χ1v) is 28.5. The Morgan fingerprint density at radius 1 is 0.529 bits per heavy atom. The van der Waals surface area contributed by atoms with Gasteiger partial charge < -0.3 is 28.5 Å². The Bertz CT molecular complexity index is 1490. The fourth-order valence-corrected chi connectivity index (χ4v) is 7.78. The van der Waals surface area contributed by atoms with Crippen LogP contribution in [0.5, 0.6) is 0 Å². The maximum absolute atomic E-state index is 13.4. The Kier molecular flexibility index (Phi) is 45.5. The van der Waals surface area contributed by atoms with Crippen LogP contribution in [0.25, 0.3) is 0 Å². The molecular weight excluding hydrogens is 868 g/mol. The zero-order valence-corrected chi connectivity index (χ0v) is 45.2. The molecule has 0 saturated heterocycles. The summed E-state index contributed by atoms with van der Waals surface area (Å²) in [5, 5.41) is 2.96. The molecular formula is C58H101N2O7P. The van der Waals surface area contributed by atoms with E-state index in [1.165, 1.54) is 64.2 Å². The summed E-state index contributed by atoms with van der Waals surface area (Å²) < 4.78 is 30.1. The topological polar surface area (TPSA) is 114 Å². The number of quaternary nitrogens is 1. The lowest BCUT2D eigenvalue weighted by molar-refractivity contribution is -0.870. The fraction of sp³-hybridized carbons (Fsp3) is 0.690. The number of likely N-dealkylation sites (N-methyl/N-ethyl adjacent to an activating group) is 1. The second-order valence-electron chi connectivity index (χ2n) is 19.0. The van der Waals surface area contributed by atoms with Gasteiger partial charge in [0.05, 0.1) is 33.8 Å². The van der Waals surface area contributed by atoms with Crippen molar-refractivity contribution in [2.24, 2.45) is 0 Å². The van der Waals surface area contributed by atoms with Gasteiger partial charge in [0.25, 0.3) is 7.82 Å². The van der Waals surface area contributed by atoms with Gasteiger partial charge in [-0.15, -0.1) is 0 Å². The van der Waals surface area contributed by atoms with Gasteiger partial charge in [-0.1, -0.05) is 202 Å². The molecule has 0 radical (unpaired) electrons. The highest BCUT2D eigenvalue weighted by molar-refractivity contribution is 7.45. The van der Waals surface area contributed by atoms with Crippen LogP contribution in [0, 0.1) is 0 Å². The molecule has 9 nitrogen and oxygen atoms in total. The molecule has 0 aliphatic rings. The standard InChI is InChI=1S/C58H101N2O7P/c1-7-10-13-16-19-22-25-27-28-29-30-31-32-33-36-38-41-44-47-50-57(61)59-55(54-66-68(63,64)65-53-52-60(4,5)6)56(49-46-43-40-37-35-26-23-20-17-14-11-8-2)67-58(62)51-48-45-42-39-34-24-21-18-15-12-9-3/h10,13,18-19,21-22,27-28,30-31,33,36,41,44,46,49,55-56H,7-9,11-12,14-17,20,23-26,29,32,34-35,37-40,42-43,45,47-48,50-54H2,1-6H3,(H-,59,61,63,64)/b13-10-,21-18-,22-19-,28-27-,31-30-,36-33-,44-41-,49-46-. The molecule has 68 heavy (non-hydrogen) atoms. The lowest BCUT2D eigenvalue weighted by Crippen LogP contribution is -2.47. The summed E-state index contributed by atoms with van der Waals surface area (Å²) in [4.78, 5) is 39.7. The van der Waals surface area contributed by atoms with Gasteiger partial charge in [-0.25, -0.2) is 0 Å². The molecule has 390 valence electrons. The van der Waals surface area contributed by atoms with E-state index in [4.69, 9.17) is 13.8 Å². The highest BCUT2D eigenvalue weighted by Crippen LogP contribution is 2.38. The van der Waals surface area contributed by atoms with E-state index in [0.29, 0.717) is 23.9 Å². The number of unbranched alkanes of at least 4 members (excludes halogenated alkanes) is 17. The van der Waals surface area contributed by atoms with E-state index in [1.807, 2.05) is 39.4 Å². The molecule has 0 fully saturated rings. The maximum atomic E-state index is 13.4. The Labute approximate surface area is 418 Å². The molecule has 1 N–H and O–H groups in total. The summed E-state index contributed by atoms with van der Waals surface area (Å²) in [7, 11) is 1.12. The first kappa shape index (κ1) is 64.9. The number of ether oxygens (including phenoxy) is 1. The lowest BCUT2D eigenvalue weighted by Gasteiger charge is -2.30. The van der Waals surface area contributed by atoms with Gasteiger partial charge in [0.15, 0.2) is 0 Å². The monoisotopic (exact) mass is 969 g/mol. The first-order valence-electron chi connectivity index (χ1n) is 27.0. The van der Waals surface area contributed by atoms with Crippen LogP contribution in [0.15, 0.2) is 97.2 Å². The molecule has 0 bridgehead atoms. The predicted octanol–water partition coefficient (Wildman–Crippen LogP) is 15.4. The molecule has 10 heteroatoms. The van der Waals surface area contributed by atoms with Crippen LogP contribution < -0.4 is 10.2 Å². The third kappa shape index (κ3) is 48.0. The molecule has 0 spiro atoms. The maximum Gasteiger partial charge on any atom is 0.306 e. The molecule has 0 saturated carbocycles. The molecule has 0 heterocycles. The minimum absolute atomic E-state index is 0.0416. The summed E-state index contributed by atoms with van der Waals surface area (Å²) in [6.07, 6.45) is 62.5. The Balaban J connectivity index is 5.51. The van der Waals surface area contributed by atoms with Crippen molar-refractivity contribution in [1.82, 2.24) is 5.32 Å². The minimum atomic E-state index is -4.72. The van der Waals surface area contributed by atoms with Crippen molar-refractivity contribution >= 4 is 19.7 Å². The van der Waals surface area contributed by atoms with E-state index >= 15 is 0 Å². The number of rotatable bonds is 47. The molecule has 0 aromatic heterocycles. The molecule has 0 aliphatic carbocycles. The number of hydrogen-bond acceptors (Lipinski definition) is 7. The van der Waals surface area contributed by atoms with Gasteiger partial charge in [-0.05, 0) is 89.5 Å². The van der Waals surface area contributed by atoms with Crippen molar-refractivity contribution < 1.29 is 37.3 Å². The summed E-state index contributed by atoms with van der Waals surface area (Å²) >= 11 is 0. The van der Waals surface area contributed by atoms with E-state index in [-0.39, 0.29) is 31.3 Å². The van der Waals surface area contributed by atoms with Gasteiger partial charge in [-0.2, -0.15) is 0 Å². The van der Waals surface area contributed by atoms with Crippen molar-refractivity contribution in [2.45, 2.75) is 219 Å². The van der Waals surface area contributed by atoms with Gasteiger partial charge in [0.2, 0.25) is 5.91 Å². The zero-order chi connectivity index (χ0) is 50.1. The highest BCUT2D eigenvalue weighted by atomic mass is 31.2. The van der Waals surface area contributed by atoms with Crippen LogP contribution in [0.3, 0.4) is 0 Å². The van der Waals surface area contributed by atoms with Gasteiger partial charge in [0, 0.05) is 12.8 Å². The summed E-state index contributed by atoms with van der Waals surface area (Å²) in [6.45, 7) is 6.59. The lowest BCUT2D eigenvalue weighted by atomic mass is 10.1. The third-order valence-corrected chi connectivity index (χ3v) is 12.2. The van der Waals surface area contributed by atoms with Crippen LogP contribution in [0.4, 0.5) is 0 Å². The van der Waals surface area contributed by atoms with Crippen LogP contribution in [-0.4, -0.2) is 69.4 Å². The van der Waals surface area contributed by atoms with Crippen LogP contribution in [0.2, 0.25) is 0 Å². The summed E-state index contributed by atoms with van der Waals surface area (Å²) in [5.41, 5.74) is 0. The number of amides is 1. The number of esters is 1. The van der Waals surface area contributed by atoms with Crippen LogP contribution in [-0.2, 0) is 27.9 Å². The van der Waals surface area contributed by atoms with Crippen molar-refractivity contribution in [3.05, 3.63) is 97.2 Å². The van der Waals surface area contributed by atoms with Crippen LogP contribution in [0.1, 0.15) is 207 Å². The second-order valence-corrected chi connectivity index (χ2v) is 20.4. The number of hydrogen-bond donors (Lipinski definition) is 1. The first-order chi connectivity index (χ1) is 32.9. The Morgan fingerprint density at radius 3 is 1.49 bits per heavy atom. The number of allylic oxidation sites excluding steroid dienone is 15. The van der Waals surface area contributed by atoms with E-state index in [2.05, 4.69) is 99.0 Å². The van der Waals surface area contributed by atoms with E-state index in [9.17, 15) is 19.0 Å². The Morgan fingerprint density at radius 2 is 0.971 bits per heavy atom. The second kappa shape index (κ2) is 47.6. The van der Waals surface area contributed by atoms with Gasteiger partial charge in [0.1, 0.15) is 19.3 Å². The predicted molar refractivity (Wildman–Crippen MR) is 288 cm³/mol. The number of nitrogens with zero attached hydrogens (tertiary/aromatic N) is 1. The van der Waals surface area contributed by atoms with Crippen molar-refractivity contribution in [2.75, 3.05) is 40.9 Å². The number of carbonyl (C=O) groups is 2. The summed E-state index contributed by atoms with van der Waals surface area (Å²) in [6, 6.07) is -0.935.